The molecule has 0 spiro atoms. The zero-order valence-electron chi connectivity index (χ0n) is 19.2. The Morgan fingerprint density at radius 3 is 2.45 bits per heavy atom. The molecule has 10 nitrogen and oxygen atoms in total. The molecule has 0 atom stereocenters. The normalized spacial score (nSPS) is 17.0. The highest BCUT2D eigenvalue weighted by molar-refractivity contribution is 5.81. The molecule has 5 rings (SSSR count). The number of aromatic nitrogens is 5. The largest absolute Gasteiger partial charge is 0.461 e. The van der Waals surface area contributed by atoms with Gasteiger partial charge in [0.05, 0.1) is 12.2 Å². The van der Waals surface area contributed by atoms with Gasteiger partial charge in [-0.1, -0.05) is 6.07 Å². The van der Waals surface area contributed by atoms with Gasteiger partial charge in [-0.3, -0.25) is 28.3 Å². The highest BCUT2D eigenvalue weighted by atomic mass is 16.5. The molecule has 33 heavy (non-hydrogen) atoms. The Balaban J connectivity index is 1.49. The van der Waals surface area contributed by atoms with Crippen LogP contribution in [0, 0.1) is 12.8 Å². The van der Waals surface area contributed by atoms with Crippen LogP contribution in [0.2, 0.25) is 0 Å². The molecule has 1 saturated carbocycles. The Labute approximate surface area is 190 Å². The third-order valence-electron chi connectivity index (χ3n) is 6.53. The molecule has 1 aliphatic carbocycles. The quantitative estimate of drug-likeness (QED) is 0.571. The summed E-state index contributed by atoms with van der Waals surface area (Å²) in [4.78, 5) is 48.9. The molecule has 174 valence electrons. The van der Waals surface area contributed by atoms with Crippen molar-refractivity contribution in [3.63, 3.8) is 0 Å². The number of pyridine rings is 1. The minimum Gasteiger partial charge on any atom is -0.461 e. The first kappa shape index (κ1) is 21.4. The number of carbonyl (C=O) groups is 1. The van der Waals surface area contributed by atoms with Crippen LogP contribution >= 0.6 is 0 Å². The van der Waals surface area contributed by atoms with E-state index in [4.69, 9.17) is 4.74 Å². The molecule has 1 amide bonds. The number of nitrogens with zero attached hydrogens (tertiary/aromatic N) is 6. The first-order valence-corrected chi connectivity index (χ1v) is 11.4. The predicted octanol–water partition coefficient (Wildman–Crippen LogP) is 0.965. The van der Waals surface area contributed by atoms with Crippen molar-refractivity contribution in [1.82, 2.24) is 28.6 Å². The Morgan fingerprint density at radius 1 is 1.06 bits per heavy atom. The van der Waals surface area contributed by atoms with Crippen LogP contribution < -0.4 is 16.0 Å². The van der Waals surface area contributed by atoms with E-state index >= 15 is 0 Å². The molecule has 0 unspecified atom stereocenters. The molecule has 0 aromatic carbocycles. The fraction of sp³-hybridized carbons (Fsp3) is 0.522. The predicted molar refractivity (Wildman–Crippen MR) is 121 cm³/mol. The smallest absolute Gasteiger partial charge is 0.332 e. The molecule has 1 saturated heterocycles. The molecule has 0 N–H and O–H groups in total. The molecule has 2 aliphatic rings. The van der Waals surface area contributed by atoms with Crippen molar-refractivity contribution in [2.75, 3.05) is 13.1 Å². The van der Waals surface area contributed by atoms with Crippen LogP contribution in [0.15, 0.2) is 27.8 Å². The lowest BCUT2D eigenvalue weighted by Crippen LogP contribution is -2.42. The fourth-order valence-corrected chi connectivity index (χ4v) is 4.44. The van der Waals surface area contributed by atoms with E-state index in [2.05, 4.69) is 9.97 Å². The van der Waals surface area contributed by atoms with E-state index in [1.807, 2.05) is 30.0 Å². The van der Waals surface area contributed by atoms with Crippen molar-refractivity contribution in [1.29, 1.82) is 0 Å². The Hall–Kier alpha value is -3.43. The molecule has 3 aromatic heterocycles. The van der Waals surface area contributed by atoms with E-state index in [0.29, 0.717) is 44.0 Å². The lowest BCUT2D eigenvalue weighted by atomic mass is 10.1. The van der Waals surface area contributed by atoms with Crippen molar-refractivity contribution in [2.45, 2.75) is 45.3 Å². The highest BCUT2D eigenvalue weighted by Crippen LogP contribution is 2.32. The number of rotatable bonds is 5. The van der Waals surface area contributed by atoms with E-state index in [1.54, 1.807) is 11.6 Å². The van der Waals surface area contributed by atoms with Crippen molar-refractivity contribution in [3.05, 3.63) is 50.4 Å². The molecule has 10 heteroatoms. The van der Waals surface area contributed by atoms with Gasteiger partial charge in [-0.05, 0) is 31.9 Å². The number of amides is 1. The zero-order valence-corrected chi connectivity index (χ0v) is 19.2. The van der Waals surface area contributed by atoms with E-state index < -0.39 is 11.2 Å². The summed E-state index contributed by atoms with van der Waals surface area (Å²) >= 11 is 0. The van der Waals surface area contributed by atoms with Gasteiger partial charge in [-0.25, -0.2) is 4.79 Å². The summed E-state index contributed by atoms with van der Waals surface area (Å²) in [5.41, 5.74) is 1.36. The lowest BCUT2D eigenvalue weighted by molar-refractivity contribution is -0.134. The lowest BCUT2D eigenvalue weighted by Gasteiger charge is -2.32. The van der Waals surface area contributed by atoms with Crippen LogP contribution in [0.5, 0.6) is 6.01 Å². The van der Waals surface area contributed by atoms with E-state index in [1.165, 1.54) is 11.6 Å². The van der Waals surface area contributed by atoms with Crippen molar-refractivity contribution in [3.8, 4) is 6.01 Å². The van der Waals surface area contributed by atoms with Crippen LogP contribution in [-0.2, 0) is 25.4 Å². The van der Waals surface area contributed by atoms with Crippen LogP contribution in [0.3, 0.4) is 0 Å². The Kier molecular flexibility index (Phi) is 5.30. The number of piperidine rings is 1. The molecular formula is C23H28N6O4. The fourth-order valence-electron chi connectivity index (χ4n) is 4.44. The minimum atomic E-state index is -0.440. The standard InChI is InChI=1S/C23H28N6O4/c1-14-5-4-6-16(24-14)13-29-18-19(26(2)23(32)27(3)21(18)31)25-22(29)33-17-9-11-28(12-10-17)20(30)15-7-8-15/h4-6,15,17H,7-13H2,1-3H3. The maximum atomic E-state index is 13.0. The van der Waals surface area contributed by atoms with Gasteiger partial charge >= 0.3 is 5.69 Å². The number of ether oxygens (including phenoxy) is 1. The van der Waals surface area contributed by atoms with E-state index in [-0.39, 0.29) is 23.6 Å². The first-order chi connectivity index (χ1) is 15.8. The van der Waals surface area contributed by atoms with Gasteiger partial charge in [-0.2, -0.15) is 4.98 Å². The topological polar surface area (TPSA) is 104 Å². The second-order valence-electron chi connectivity index (χ2n) is 9.05. The van der Waals surface area contributed by atoms with Gasteiger partial charge < -0.3 is 9.64 Å². The number of hydrogen-bond acceptors (Lipinski definition) is 6. The molecule has 0 bridgehead atoms. The molecule has 1 aliphatic heterocycles. The summed E-state index contributed by atoms with van der Waals surface area (Å²) in [7, 11) is 3.05. The third kappa shape index (κ3) is 3.94. The number of imidazole rings is 1. The Bertz CT molecular complexity index is 1340. The Morgan fingerprint density at radius 2 is 1.79 bits per heavy atom. The maximum Gasteiger partial charge on any atom is 0.332 e. The van der Waals surface area contributed by atoms with Crippen molar-refractivity contribution < 1.29 is 9.53 Å². The monoisotopic (exact) mass is 452 g/mol. The highest BCUT2D eigenvalue weighted by Gasteiger charge is 2.35. The summed E-state index contributed by atoms with van der Waals surface area (Å²) in [6.45, 7) is 3.51. The van der Waals surface area contributed by atoms with Gasteiger partial charge in [-0.15, -0.1) is 0 Å². The van der Waals surface area contributed by atoms with Crippen molar-refractivity contribution >= 4 is 17.1 Å². The first-order valence-electron chi connectivity index (χ1n) is 11.4. The molecule has 0 radical (unpaired) electrons. The summed E-state index contributed by atoms with van der Waals surface area (Å²) in [6.07, 6.45) is 3.26. The number of hydrogen-bond donors (Lipinski definition) is 0. The van der Waals surface area contributed by atoms with Gasteiger partial charge in [0, 0.05) is 51.6 Å². The van der Waals surface area contributed by atoms with Crippen molar-refractivity contribution in [2.24, 2.45) is 20.0 Å². The average molecular weight is 453 g/mol. The SMILES string of the molecule is Cc1cccc(Cn2c(OC3CCN(C(=O)C4CC4)CC3)nc3c2c(=O)n(C)c(=O)n3C)n1. The van der Waals surface area contributed by atoms with Gasteiger partial charge in [0.25, 0.3) is 11.6 Å². The van der Waals surface area contributed by atoms with Crippen LogP contribution in [0.25, 0.3) is 11.2 Å². The summed E-state index contributed by atoms with van der Waals surface area (Å²) in [5, 5.41) is 0. The molecule has 4 heterocycles. The van der Waals surface area contributed by atoms with E-state index in [0.717, 1.165) is 28.8 Å². The van der Waals surface area contributed by atoms with Crippen LogP contribution in [0.4, 0.5) is 0 Å². The van der Waals surface area contributed by atoms with Crippen LogP contribution in [0.1, 0.15) is 37.1 Å². The second-order valence-corrected chi connectivity index (χ2v) is 9.05. The third-order valence-corrected chi connectivity index (χ3v) is 6.53. The maximum absolute atomic E-state index is 13.0. The van der Waals surface area contributed by atoms with E-state index in [9.17, 15) is 14.4 Å². The van der Waals surface area contributed by atoms with Gasteiger partial charge in [0.1, 0.15) is 6.10 Å². The van der Waals surface area contributed by atoms with Gasteiger partial charge in [0.2, 0.25) is 5.91 Å². The zero-order chi connectivity index (χ0) is 23.3. The summed E-state index contributed by atoms with van der Waals surface area (Å²) < 4.78 is 10.4. The van der Waals surface area contributed by atoms with Crippen LogP contribution in [-0.4, -0.2) is 53.7 Å². The second kappa shape index (κ2) is 8.17. The average Bonchev–Trinajstić information content (AvgIpc) is 3.60. The number of carbonyl (C=O) groups excluding carboxylic acids is 1. The number of likely N-dealkylation sites (tertiary alicyclic amines) is 1. The number of fused-ring (bicyclic) bond motifs is 1. The van der Waals surface area contributed by atoms with Gasteiger partial charge in [0.15, 0.2) is 11.2 Å². The molecule has 2 fully saturated rings. The molecule has 3 aromatic rings. The number of aryl methyl sites for hydroxylation is 2. The minimum absolute atomic E-state index is 0.129. The summed E-state index contributed by atoms with van der Waals surface area (Å²) in [5.74, 6) is 0.468. The molecular weight excluding hydrogens is 424 g/mol. The summed E-state index contributed by atoms with van der Waals surface area (Å²) in [6, 6.07) is 6.00.